The van der Waals surface area contributed by atoms with E-state index >= 15 is 0 Å². The van der Waals surface area contributed by atoms with E-state index < -0.39 is 0 Å². The van der Waals surface area contributed by atoms with Crippen LogP contribution in [0.15, 0.2) is 33.4 Å². The van der Waals surface area contributed by atoms with Gasteiger partial charge in [0.15, 0.2) is 5.82 Å². The highest BCUT2D eigenvalue weighted by Gasteiger charge is 2.15. The van der Waals surface area contributed by atoms with Crippen LogP contribution in [0, 0.1) is 5.82 Å². The Kier molecular flexibility index (Phi) is 4.54. The number of thiocarbonyl (C=S) groups is 1. The highest BCUT2D eigenvalue weighted by atomic mass is 79.9. The van der Waals surface area contributed by atoms with Gasteiger partial charge in [-0.15, -0.1) is 0 Å². The van der Waals surface area contributed by atoms with Crippen LogP contribution in [0.1, 0.15) is 11.1 Å². The molecule has 2 N–H and O–H groups in total. The molecule has 0 atom stereocenters. The summed E-state index contributed by atoms with van der Waals surface area (Å²) in [5.41, 5.74) is 7.72. The summed E-state index contributed by atoms with van der Waals surface area (Å²) >= 11 is 9.72. The third kappa shape index (κ3) is 3.13. The Morgan fingerprint density at radius 3 is 2.79 bits per heavy atom. The molecule has 0 aliphatic heterocycles. The standard InChI is InChI=1S/C13H12BrFN2S2/c1-17(6-8-4-5-19-7-8)10-3-2-9(13(16)18)11(14)12(10)15/h2-5,7H,6H2,1H3,(H2,16,18). The second-order valence-electron chi connectivity index (χ2n) is 4.11. The van der Waals surface area contributed by atoms with Crippen molar-refractivity contribution in [1.29, 1.82) is 0 Å². The Balaban J connectivity index is 2.30. The fraction of sp³-hybridized carbons (Fsp3) is 0.154. The van der Waals surface area contributed by atoms with Gasteiger partial charge in [-0.05, 0) is 50.5 Å². The van der Waals surface area contributed by atoms with Gasteiger partial charge < -0.3 is 10.6 Å². The lowest BCUT2D eigenvalue weighted by molar-refractivity contribution is 0.615. The highest BCUT2D eigenvalue weighted by Crippen LogP contribution is 2.29. The minimum absolute atomic E-state index is 0.179. The molecule has 0 unspecified atom stereocenters. The number of hydrogen-bond acceptors (Lipinski definition) is 3. The van der Waals surface area contributed by atoms with Crippen LogP contribution in [0.4, 0.5) is 10.1 Å². The van der Waals surface area contributed by atoms with E-state index in [9.17, 15) is 4.39 Å². The first-order valence-electron chi connectivity index (χ1n) is 5.50. The van der Waals surface area contributed by atoms with Crippen molar-refractivity contribution in [1.82, 2.24) is 0 Å². The molecule has 1 aromatic heterocycles. The van der Waals surface area contributed by atoms with Crippen molar-refractivity contribution in [2.24, 2.45) is 5.73 Å². The van der Waals surface area contributed by atoms with Gasteiger partial charge in [0.2, 0.25) is 0 Å². The minimum Gasteiger partial charge on any atom is -0.389 e. The number of benzene rings is 1. The maximum Gasteiger partial charge on any atom is 0.161 e. The van der Waals surface area contributed by atoms with Crippen LogP contribution >= 0.6 is 39.5 Å². The average molecular weight is 359 g/mol. The molecule has 0 fully saturated rings. The molecule has 0 aliphatic rings. The molecule has 19 heavy (non-hydrogen) atoms. The van der Waals surface area contributed by atoms with Gasteiger partial charge in [-0.2, -0.15) is 11.3 Å². The third-order valence-electron chi connectivity index (χ3n) is 2.74. The van der Waals surface area contributed by atoms with E-state index in [4.69, 9.17) is 18.0 Å². The number of halogens is 2. The van der Waals surface area contributed by atoms with Crippen LogP contribution in [-0.4, -0.2) is 12.0 Å². The average Bonchev–Trinajstić information content (AvgIpc) is 2.84. The first-order valence-corrected chi connectivity index (χ1v) is 7.65. The first kappa shape index (κ1) is 14.4. The maximum atomic E-state index is 14.3. The third-order valence-corrected chi connectivity index (χ3v) is 4.47. The van der Waals surface area contributed by atoms with Crippen LogP contribution < -0.4 is 10.6 Å². The molecular formula is C13H12BrFN2S2. The van der Waals surface area contributed by atoms with Crippen molar-refractivity contribution in [3.8, 4) is 0 Å². The Hall–Kier alpha value is -0.980. The van der Waals surface area contributed by atoms with Gasteiger partial charge in [0.25, 0.3) is 0 Å². The van der Waals surface area contributed by atoms with Crippen LogP contribution in [0.3, 0.4) is 0 Å². The summed E-state index contributed by atoms with van der Waals surface area (Å²) in [5.74, 6) is -0.344. The fourth-order valence-electron chi connectivity index (χ4n) is 1.77. The van der Waals surface area contributed by atoms with Gasteiger partial charge in [-0.3, -0.25) is 0 Å². The van der Waals surface area contributed by atoms with E-state index in [2.05, 4.69) is 15.9 Å². The molecule has 0 aliphatic carbocycles. The van der Waals surface area contributed by atoms with Crippen molar-refractivity contribution in [3.63, 3.8) is 0 Å². The molecule has 0 saturated carbocycles. The summed E-state index contributed by atoms with van der Waals surface area (Å²) in [4.78, 5) is 2.03. The molecule has 6 heteroatoms. The molecular weight excluding hydrogens is 347 g/mol. The number of thiophene rings is 1. The number of anilines is 1. The molecule has 2 nitrogen and oxygen atoms in total. The topological polar surface area (TPSA) is 29.3 Å². The van der Waals surface area contributed by atoms with Gasteiger partial charge in [-0.25, -0.2) is 4.39 Å². The summed E-state index contributed by atoms with van der Waals surface area (Å²) in [7, 11) is 1.85. The zero-order valence-electron chi connectivity index (χ0n) is 10.2. The predicted molar refractivity (Wildman–Crippen MR) is 86.4 cm³/mol. The number of nitrogens with two attached hydrogens (primary N) is 1. The van der Waals surface area contributed by atoms with E-state index in [0.717, 1.165) is 5.56 Å². The van der Waals surface area contributed by atoms with Gasteiger partial charge >= 0.3 is 0 Å². The van der Waals surface area contributed by atoms with Gasteiger partial charge in [0, 0.05) is 19.2 Å². The predicted octanol–water partition coefficient (Wildman–Crippen LogP) is 3.92. The summed E-state index contributed by atoms with van der Waals surface area (Å²) in [6, 6.07) is 5.45. The molecule has 100 valence electrons. The smallest absolute Gasteiger partial charge is 0.161 e. The van der Waals surface area contributed by atoms with E-state index in [0.29, 0.717) is 22.3 Å². The van der Waals surface area contributed by atoms with Crippen LogP contribution in [0.5, 0.6) is 0 Å². The largest absolute Gasteiger partial charge is 0.389 e. The molecule has 0 bridgehead atoms. The molecule has 0 saturated heterocycles. The summed E-state index contributed by atoms with van der Waals surface area (Å²) in [6.07, 6.45) is 0. The summed E-state index contributed by atoms with van der Waals surface area (Å²) < 4.78 is 14.6. The second-order valence-corrected chi connectivity index (χ2v) is 6.12. The Bertz CT molecular complexity index is 599. The molecule has 0 amide bonds. The van der Waals surface area contributed by atoms with Crippen molar-refractivity contribution in [2.45, 2.75) is 6.54 Å². The highest BCUT2D eigenvalue weighted by molar-refractivity contribution is 9.10. The normalized spacial score (nSPS) is 10.5. The fourth-order valence-corrected chi connectivity index (χ4v) is 3.28. The Labute approximate surface area is 129 Å². The lowest BCUT2D eigenvalue weighted by atomic mass is 10.1. The van der Waals surface area contributed by atoms with E-state index in [-0.39, 0.29) is 10.8 Å². The number of hydrogen-bond donors (Lipinski definition) is 1. The van der Waals surface area contributed by atoms with Crippen LogP contribution in [-0.2, 0) is 6.54 Å². The van der Waals surface area contributed by atoms with Crippen molar-refractivity contribution in [3.05, 3.63) is 50.4 Å². The molecule has 2 rings (SSSR count). The van der Waals surface area contributed by atoms with E-state index in [1.807, 2.05) is 28.8 Å². The van der Waals surface area contributed by atoms with E-state index in [1.54, 1.807) is 23.5 Å². The van der Waals surface area contributed by atoms with Gasteiger partial charge in [-0.1, -0.05) is 12.2 Å². The first-order chi connectivity index (χ1) is 9.00. The molecule has 2 aromatic rings. The van der Waals surface area contributed by atoms with Crippen molar-refractivity contribution >= 4 is 50.2 Å². The van der Waals surface area contributed by atoms with Gasteiger partial charge in [0.05, 0.1) is 10.2 Å². The van der Waals surface area contributed by atoms with Crippen LogP contribution in [0.25, 0.3) is 0 Å². The SMILES string of the molecule is CN(Cc1ccsc1)c1ccc(C(N)=S)c(Br)c1F. The van der Waals surface area contributed by atoms with Gasteiger partial charge in [0.1, 0.15) is 4.99 Å². The molecule has 0 spiro atoms. The molecule has 1 heterocycles. The van der Waals surface area contributed by atoms with Crippen molar-refractivity contribution in [2.75, 3.05) is 11.9 Å². The molecule has 1 aromatic carbocycles. The summed E-state index contributed by atoms with van der Waals surface area (Å²) in [6.45, 7) is 0.652. The molecule has 0 radical (unpaired) electrons. The Morgan fingerprint density at radius 2 is 2.21 bits per heavy atom. The number of rotatable bonds is 4. The van der Waals surface area contributed by atoms with Crippen LogP contribution in [0.2, 0.25) is 0 Å². The quantitative estimate of drug-likeness (QED) is 0.839. The monoisotopic (exact) mass is 358 g/mol. The maximum absolute atomic E-state index is 14.3. The Morgan fingerprint density at radius 1 is 1.47 bits per heavy atom. The van der Waals surface area contributed by atoms with E-state index in [1.165, 1.54) is 0 Å². The minimum atomic E-state index is -0.344. The second kappa shape index (κ2) is 5.98. The lowest BCUT2D eigenvalue weighted by Gasteiger charge is -2.20. The lowest BCUT2D eigenvalue weighted by Crippen LogP contribution is -2.19. The van der Waals surface area contributed by atoms with Crippen molar-refractivity contribution < 1.29 is 4.39 Å². The number of nitrogens with zero attached hydrogens (tertiary/aromatic N) is 1. The summed E-state index contributed by atoms with van der Waals surface area (Å²) in [5, 5.41) is 4.05. The zero-order valence-corrected chi connectivity index (χ0v) is 13.4. The zero-order chi connectivity index (χ0) is 14.0.